The van der Waals surface area contributed by atoms with Crippen LogP contribution in [0, 0.1) is 11.8 Å². The number of carbonyl (C=O) groups excluding carboxylic acids is 1. The summed E-state index contributed by atoms with van der Waals surface area (Å²) in [5.41, 5.74) is 0. The number of carbonyl (C=O) groups is 2. The van der Waals surface area contributed by atoms with Gasteiger partial charge in [0.05, 0.1) is 5.92 Å². The van der Waals surface area contributed by atoms with Crippen LogP contribution in [-0.2, 0) is 4.79 Å². The van der Waals surface area contributed by atoms with Gasteiger partial charge in [0.2, 0.25) is 0 Å². The van der Waals surface area contributed by atoms with Crippen molar-refractivity contribution >= 4 is 12.0 Å². The number of hydrogen-bond donors (Lipinski definition) is 1. The largest absolute Gasteiger partial charge is 0.481 e. The number of amides is 2. The molecule has 2 rings (SSSR count). The van der Waals surface area contributed by atoms with Gasteiger partial charge in [-0.2, -0.15) is 0 Å². The van der Waals surface area contributed by atoms with E-state index in [1.54, 1.807) is 9.80 Å². The molecule has 0 aromatic heterocycles. The molecule has 5 heteroatoms. The van der Waals surface area contributed by atoms with Crippen molar-refractivity contribution in [1.82, 2.24) is 9.80 Å². The second-order valence-electron chi connectivity index (χ2n) is 5.61. The normalized spacial score (nSPS) is 21.5. The Balaban J connectivity index is 1.73. The van der Waals surface area contributed by atoms with E-state index in [4.69, 9.17) is 5.11 Å². The second kappa shape index (κ2) is 5.59. The molecule has 102 valence electrons. The third kappa shape index (κ3) is 2.94. The highest BCUT2D eigenvalue weighted by Gasteiger charge is 2.37. The molecule has 1 saturated heterocycles. The average Bonchev–Trinajstić information content (AvgIpc) is 2.27. The number of aliphatic carboxylic acids is 1. The molecule has 1 saturated carbocycles. The molecule has 0 radical (unpaired) electrons. The molecule has 0 atom stereocenters. The first-order valence-corrected chi connectivity index (χ1v) is 6.80. The zero-order valence-electron chi connectivity index (χ0n) is 11.0. The van der Waals surface area contributed by atoms with Crippen molar-refractivity contribution in [2.24, 2.45) is 11.8 Å². The highest BCUT2D eigenvalue weighted by molar-refractivity contribution is 5.79. The van der Waals surface area contributed by atoms with Crippen molar-refractivity contribution in [1.29, 1.82) is 0 Å². The number of rotatable bonds is 3. The molecule has 0 spiro atoms. The molecule has 18 heavy (non-hydrogen) atoms. The monoisotopic (exact) mass is 254 g/mol. The van der Waals surface area contributed by atoms with Gasteiger partial charge in [-0.1, -0.05) is 19.3 Å². The quantitative estimate of drug-likeness (QED) is 0.832. The van der Waals surface area contributed by atoms with E-state index in [2.05, 4.69) is 0 Å². The van der Waals surface area contributed by atoms with Gasteiger partial charge in [-0.3, -0.25) is 4.79 Å². The van der Waals surface area contributed by atoms with Crippen LogP contribution in [0.25, 0.3) is 0 Å². The molecule has 2 fully saturated rings. The molecule has 0 unspecified atom stereocenters. The van der Waals surface area contributed by atoms with E-state index in [1.807, 2.05) is 7.05 Å². The third-order valence-corrected chi connectivity index (χ3v) is 4.08. The van der Waals surface area contributed by atoms with E-state index in [0.717, 1.165) is 6.54 Å². The predicted molar refractivity (Wildman–Crippen MR) is 67.3 cm³/mol. The lowest BCUT2D eigenvalue weighted by atomic mass is 9.89. The minimum atomic E-state index is -0.797. The Morgan fingerprint density at radius 3 is 2.39 bits per heavy atom. The van der Waals surface area contributed by atoms with E-state index < -0.39 is 5.97 Å². The van der Waals surface area contributed by atoms with Gasteiger partial charge in [0.1, 0.15) is 0 Å². The van der Waals surface area contributed by atoms with Gasteiger partial charge in [-0.05, 0) is 18.8 Å². The lowest BCUT2D eigenvalue weighted by Gasteiger charge is -2.39. The number of carboxylic acid groups (broad SMARTS) is 1. The van der Waals surface area contributed by atoms with Gasteiger partial charge in [0, 0.05) is 26.7 Å². The minimum absolute atomic E-state index is 0.0157. The molecule has 1 aliphatic carbocycles. The van der Waals surface area contributed by atoms with E-state index in [1.165, 1.54) is 32.1 Å². The number of carboxylic acids is 1. The summed E-state index contributed by atoms with van der Waals surface area (Å²) >= 11 is 0. The first kappa shape index (κ1) is 13.2. The molecular weight excluding hydrogens is 232 g/mol. The number of hydrogen-bond acceptors (Lipinski definition) is 2. The highest BCUT2D eigenvalue weighted by atomic mass is 16.4. The number of likely N-dealkylation sites (tertiary alicyclic amines) is 1. The van der Waals surface area contributed by atoms with E-state index >= 15 is 0 Å². The van der Waals surface area contributed by atoms with Gasteiger partial charge in [0.25, 0.3) is 0 Å². The Labute approximate surface area is 108 Å². The Morgan fingerprint density at radius 1 is 1.22 bits per heavy atom. The fourth-order valence-electron chi connectivity index (χ4n) is 2.87. The van der Waals surface area contributed by atoms with Crippen LogP contribution in [0.2, 0.25) is 0 Å². The van der Waals surface area contributed by atoms with Gasteiger partial charge in [-0.25, -0.2) is 4.79 Å². The summed E-state index contributed by atoms with van der Waals surface area (Å²) in [6.45, 7) is 1.54. The van der Waals surface area contributed by atoms with Crippen LogP contribution in [0.4, 0.5) is 4.79 Å². The molecule has 2 aliphatic rings. The number of urea groups is 1. The first-order valence-electron chi connectivity index (χ1n) is 6.80. The molecule has 1 heterocycles. The maximum Gasteiger partial charge on any atom is 0.319 e. The van der Waals surface area contributed by atoms with Crippen LogP contribution in [0.1, 0.15) is 32.1 Å². The lowest BCUT2D eigenvalue weighted by Crippen LogP contribution is -2.56. The Bertz CT molecular complexity index is 320. The van der Waals surface area contributed by atoms with E-state index in [9.17, 15) is 9.59 Å². The molecule has 2 amide bonds. The molecule has 5 nitrogen and oxygen atoms in total. The van der Waals surface area contributed by atoms with Crippen molar-refractivity contribution in [2.75, 3.05) is 26.7 Å². The fraction of sp³-hybridized carbons (Fsp3) is 0.846. The lowest BCUT2D eigenvalue weighted by molar-refractivity contribution is -0.146. The SMILES string of the molecule is CN(CC1CCCCC1)C(=O)N1CC(C(=O)O)C1. The summed E-state index contributed by atoms with van der Waals surface area (Å²) in [6.07, 6.45) is 6.31. The van der Waals surface area contributed by atoms with Gasteiger partial charge >= 0.3 is 12.0 Å². The molecule has 0 bridgehead atoms. The summed E-state index contributed by atoms with van der Waals surface area (Å²) in [4.78, 5) is 26.1. The van der Waals surface area contributed by atoms with Crippen LogP contribution >= 0.6 is 0 Å². The zero-order valence-corrected chi connectivity index (χ0v) is 11.0. The predicted octanol–water partition coefficient (Wildman–Crippen LogP) is 1.63. The van der Waals surface area contributed by atoms with Crippen LogP contribution in [-0.4, -0.2) is 53.6 Å². The minimum Gasteiger partial charge on any atom is -0.481 e. The standard InChI is InChI=1S/C13H22N2O3/c1-14(7-10-5-3-2-4-6-10)13(18)15-8-11(9-15)12(16)17/h10-11H,2-9H2,1H3,(H,16,17). The molecule has 1 N–H and O–H groups in total. The molecule has 0 aromatic carbocycles. The molecule has 0 aromatic rings. The van der Waals surface area contributed by atoms with Gasteiger partial charge in [0.15, 0.2) is 0 Å². The van der Waals surface area contributed by atoms with Crippen molar-refractivity contribution in [3.05, 3.63) is 0 Å². The number of nitrogens with zero attached hydrogens (tertiary/aromatic N) is 2. The van der Waals surface area contributed by atoms with Crippen LogP contribution < -0.4 is 0 Å². The fourth-order valence-corrected chi connectivity index (χ4v) is 2.87. The van der Waals surface area contributed by atoms with Crippen molar-refractivity contribution < 1.29 is 14.7 Å². The van der Waals surface area contributed by atoms with E-state index in [0.29, 0.717) is 19.0 Å². The highest BCUT2D eigenvalue weighted by Crippen LogP contribution is 2.25. The molecule has 1 aliphatic heterocycles. The Hall–Kier alpha value is -1.26. The van der Waals surface area contributed by atoms with Crippen molar-refractivity contribution in [3.8, 4) is 0 Å². The van der Waals surface area contributed by atoms with Gasteiger partial charge in [-0.15, -0.1) is 0 Å². The first-order chi connectivity index (χ1) is 8.58. The summed E-state index contributed by atoms with van der Waals surface area (Å²) in [5, 5.41) is 8.78. The van der Waals surface area contributed by atoms with Crippen LogP contribution in [0.15, 0.2) is 0 Å². The summed E-state index contributed by atoms with van der Waals surface area (Å²) in [6, 6.07) is -0.0157. The van der Waals surface area contributed by atoms with E-state index in [-0.39, 0.29) is 11.9 Å². The summed E-state index contributed by atoms with van der Waals surface area (Å²) < 4.78 is 0. The summed E-state index contributed by atoms with van der Waals surface area (Å²) in [7, 11) is 1.82. The second-order valence-corrected chi connectivity index (χ2v) is 5.61. The van der Waals surface area contributed by atoms with Crippen LogP contribution in [0.5, 0.6) is 0 Å². The van der Waals surface area contributed by atoms with Crippen LogP contribution in [0.3, 0.4) is 0 Å². The summed E-state index contributed by atoms with van der Waals surface area (Å²) in [5.74, 6) is -0.532. The molecular formula is C13H22N2O3. The van der Waals surface area contributed by atoms with Crippen molar-refractivity contribution in [2.45, 2.75) is 32.1 Å². The maximum atomic E-state index is 12.0. The van der Waals surface area contributed by atoms with Gasteiger partial charge < -0.3 is 14.9 Å². The maximum absolute atomic E-state index is 12.0. The Kier molecular flexibility index (Phi) is 4.09. The topological polar surface area (TPSA) is 60.9 Å². The zero-order chi connectivity index (χ0) is 13.1. The van der Waals surface area contributed by atoms with Crippen molar-refractivity contribution in [3.63, 3.8) is 0 Å². The average molecular weight is 254 g/mol. The third-order valence-electron chi connectivity index (χ3n) is 4.08. The smallest absolute Gasteiger partial charge is 0.319 e. The Morgan fingerprint density at radius 2 is 1.83 bits per heavy atom.